The average Bonchev–Trinajstić information content (AvgIpc) is 2.30. The smallest absolute Gasteiger partial charge is 0.396 e. The Morgan fingerprint density at radius 2 is 2.06 bits per heavy atom. The van der Waals surface area contributed by atoms with Crippen molar-refractivity contribution in [2.75, 3.05) is 7.05 Å². The molecule has 0 aromatic rings. The standard InChI is InChI=1S/C12H17NO.HIO3/c1-13-9-5-4-7-11(13)10-6-2-3-8-12(10)14;2-1(3)4/h4-5,7,9-11H,2-3,6,8H2,1H3;2H. The van der Waals surface area contributed by atoms with E-state index in [0.29, 0.717) is 11.8 Å². The Morgan fingerprint density at radius 1 is 1.39 bits per heavy atom. The van der Waals surface area contributed by atoms with Crippen LogP contribution in [-0.2, 0) is 4.79 Å². The number of allylic oxidation sites excluding steroid dienone is 2. The van der Waals surface area contributed by atoms with Gasteiger partial charge in [0.05, 0.1) is 6.04 Å². The molecule has 6 heteroatoms. The van der Waals surface area contributed by atoms with Gasteiger partial charge in [-0.05, 0) is 28.6 Å². The normalized spacial score (nSPS) is 27.2. The maximum absolute atomic E-state index is 11.8. The van der Waals surface area contributed by atoms with E-state index in [1.807, 2.05) is 25.4 Å². The summed E-state index contributed by atoms with van der Waals surface area (Å²) in [6, 6.07) is 0.299. The van der Waals surface area contributed by atoms with Crippen LogP contribution in [0.4, 0.5) is 0 Å². The van der Waals surface area contributed by atoms with Crippen LogP contribution in [-0.4, -0.2) is 27.2 Å². The summed E-state index contributed by atoms with van der Waals surface area (Å²) in [5.74, 6) is 0.683. The van der Waals surface area contributed by atoms with Gasteiger partial charge in [0.1, 0.15) is 5.78 Å². The lowest BCUT2D eigenvalue weighted by atomic mass is 9.81. The van der Waals surface area contributed by atoms with E-state index in [1.54, 1.807) is 0 Å². The van der Waals surface area contributed by atoms with E-state index < -0.39 is 21.1 Å². The highest BCUT2D eigenvalue weighted by atomic mass is 127. The van der Waals surface area contributed by atoms with Crippen molar-refractivity contribution >= 4 is 5.78 Å². The summed E-state index contributed by atoms with van der Waals surface area (Å²) < 4.78 is 24.5. The number of hydrogen-bond donors (Lipinski definition) is 1. The van der Waals surface area contributed by atoms with Crippen molar-refractivity contribution in [2.24, 2.45) is 5.92 Å². The molecule has 2 aliphatic rings. The monoisotopic (exact) mass is 367 g/mol. The van der Waals surface area contributed by atoms with Crippen LogP contribution in [0, 0.1) is 5.92 Å². The third-order valence-electron chi connectivity index (χ3n) is 3.22. The van der Waals surface area contributed by atoms with Crippen molar-refractivity contribution in [1.29, 1.82) is 0 Å². The van der Waals surface area contributed by atoms with Gasteiger partial charge in [-0.3, -0.25) is 4.79 Å². The first-order valence-corrected chi connectivity index (χ1v) is 8.59. The number of Topliss-reactive ketones (excluding diaryl/α,β-unsaturated/α-hetero) is 1. The van der Waals surface area contributed by atoms with E-state index in [2.05, 4.69) is 11.0 Å². The molecule has 0 spiro atoms. The number of nitrogens with zero attached hydrogens (tertiary/aromatic N) is 1. The Kier molecular flexibility index (Phi) is 6.83. The van der Waals surface area contributed by atoms with Crippen molar-refractivity contribution < 1.29 is 36.2 Å². The summed E-state index contributed by atoms with van der Waals surface area (Å²) in [6.45, 7) is 0. The minimum absolute atomic E-state index is 0.231. The van der Waals surface area contributed by atoms with Crippen molar-refractivity contribution in [3.8, 4) is 0 Å². The van der Waals surface area contributed by atoms with E-state index in [4.69, 9.17) is 10.3 Å². The van der Waals surface area contributed by atoms with Crippen LogP contribution < -0.4 is 27.9 Å². The quantitative estimate of drug-likeness (QED) is 0.481. The van der Waals surface area contributed by atoms with Crippen LogP contribution in [0.3, 0.4) is 0 Å². The highest BCUT2D eigenvalue weighted by molar-refractivity contribution is 5.82. The second-order valence-electron chi connectivity index (χ2n) is 4.40. The van der Waals surface area contributed by atoms with Crippen molar-refractivity contribution in [1.82, 2.24) is 4.90 Å². The molecule has 1 aliphatic heterocycles. The van der Waals surface area contributed by atoms with E-state index in [0.717, 1.165) is 19.3 Å². The van der Waals surface area contributed by atoms with Gasteiger partial charge in [-0.2, -0.15) is 0 Å². The second-order valence-corrected chi connectivity index (χ2v) is 5.55. The molecule has 0 amide bonds. The van der Waals surface area contributed by atoms with Crippen LogP contribution >= 0.6 is 0 Å². The Morgan fingerprint density at radius 3 is 2.61 bits per heavy atom. The van der Waals surface area contributed by atoms with Gasteiger partial charge in [-0.1, -0.05) is 18.6 Å². The minimum Gasteiger partial charge on any atom is -0.396 e. The summed E-state index contributed by atoms with van der Waals surface area (Å²) in [5.41, 5.74) is 0. The highest BCUT2D eigenvalue weighted by Crippen LogP contribution is 2.27. The molecule has 1 saturated carbocycles. The predicted molar refractivity (Wildman–Crippen MR) is 59.0 cm³/mol. The van der Waals surface area contributed by atoms with Gasteiger partial charge < -0.3 is 11.8 Å². The molecule has 102 valence electrons. The van der Waals surface area contributed by atoms with E-state index in [9.17, 15) is 4.79 Å². The van der Waals surface area contributed by atoms with Gasteiger partial charge in [0, 0.05) is 19.4 Å². The molecule has 1 aliphatic carbocycles. The highest BCUT2D eigenvalue weighted by Gasteiger charge is 2.30. The maximum atomic E-state index is 11.8. The number of carbonyl (C=O) groups is 1. The summed E-state index contributed by atoms with van der Waals surface area (Å²) in [6.07, 6.45) is 12.4. The maximum Gasteiger partial charge on any atom is 0.503 e. The lowest BCUT2D eigenvalue weighted by Crippen LogP contribution is -3.98. The Hall–Kier alpha value is -0.440. The molecule has 1 N–H and O–H groups in total. The number of carbonyl (C=O) groups excluding carboxylic acids is 1. The van der Waals surface area contributed by atoms with E-state index >= 15 is 0 Å². The second kappa shape index (κ2) is 7.88. The Balaban J connectivity index is 0.000000357. The number of hydrogen-bond acceptors (Lipinski definition) is 5. The molecule has 0 radical (unpaired) electrons. The van der Waals surface area contributed by atoms with Crippen LogP contribution in [0.2, 0.25) is 0 Å². The third kappa shape index (κ3) is 5.05. The topological polar surface area (TPSA) is 86.7 Å². The third-order valence-corrected chi connectivity index (χ3v) is 3.22. The summed E-state index contributed by atoms with van der Waals surface area (Å²) >= 11 is -3.76. The zero-order valence-corrected chi connectivity index (χ0v) is 12.4. The molecular formula is C12H18INO4. The van der Waals surface area contributed by atoms with Gasteiger partial charge in [0.25, 0.3) is 0 Å². The van der Waals surface area contributed by atoms with Crippen molar-refractivity contribution in [3.05, 3.63) is 24.4 Å². The first-order valence-electron chi connectivity index (χ1n) is 5.86. The number of rotatable bonds is 1. The molecule has 0 aromatic carbocycles. The van der Waals surface area contributed by atoms with E-state index in [-0.39, 0.29) is 5.92 Å². The molecule has 1 heterocycles. The minimum atomic E-state index is -3.76. The molecular weight excluding hydrogens is 349 g/mol. The van der Waals surface area contributed by atoms with Crippen LogP contribution in [0.5, 0.6) is 0 Å². The fraction of sp³-hybridized carbons (Fsp3) is 0.583. The number of likely N-dealkylation sites (N-methyl/N-ethyl adjacent to an activating group) is 1. The fourth-order valence-electron chi connectivity index (χ4n) is 2.39. The van der Waals surface area contributed by atoms with Crippen LogP contribution in [0.1, 0.15) is 25.7 Å². The van der Waals surface area contributed by atoms with Gasteiger partial charge in [-0.15, -0.1) is 0 Å². The molecule has 2 rings (SSSR count). The summed E-state index contributed by atoms with van der Waals surface area (Å²) in [5, 5.41) is 0. The molecule has 2 atom stereocenters. The lowest BCUT2D eigenvalue weighted by molar-refractivity contribution is -1.63. The van der Waals surface area contributed by atoms with Crippen LogP contribution in [0.15, 0.2) is 24.4 Å². The van der Waals surface area contributed by atoms with Crippen molar-refractivity contribution in [2.45, 2.75) is 31.7 Å². The molecule has 2 unspecified atom stereocenters. The summed E-state index contributed by atoms with van der Waals surface area (Å²) in [4.78, 5) is 13.9. The largest absolute Gasteiger partial charge is 0.503 e. The average molecular weight is 367 g/mol. The van der Waals surface area contributed by atoms with Gasteiger partial charge >= 0.3 is 21.1 Å². The first kappa shape index (κ1) is 15.6. The molecule has 0 saturated heterocycles. The van der Waals surface area contributed by atoms with E-state index in [1.165, 1.54) is 6.42 Å². The van der Waals surface area contributed by atoms with Gasteiger partial charge in [0.15, 0.2) is 0 Å². The predicted octanol–water partition coefficient (Wildman–Crippen LogP) is -3.80. The zero-order valence-electron chi connectivity index (χ0n) is 10.3. The van der Waals surface area contributed by atoms with Crippen LogP contribution in [0.25, 0.3) is 0 Å². The molecule has 5 nitrogen and oxygen atoms in total. The Bertz CT molecular complexity index is 327. The SMILES string of the molecule is CN1C=CC=CC1C1CCCCC1=O.[O-][I+2]([O-])O. The number of ketones is 1. The van der Waals surface area contributed by atoms with Gasteiger partial charge in [-0.25, -0.2) is 0 Å². The van der Waals surface area contributed by atoms with Gasteiger partial charge in [0.2, 0.25) is 0 Å². The lowest BCUT2D eigenvalue weighted by Gasteiger charge is -2.34. The Labute approximate surface area is 116 Å². The fourth-order valence-corrected chi connectivity index (χ4v) is 2.39. The zero-order chi connectivity index (χ0) is 13.5. The van der Waals surface area contributed by atoms with Crippen molar-refractivity contribution in [3.63, 3.8) is 0 Å². The molecule has 1 fully saturated rings. The summed E-state index contributed by atoms with van der Waals surface area (Å²) in [7, 11) is 2.05. The first-order chi connectivity index (χ1) is 8.52. The molecule has 0 aromatic heterocycles. The number of halogens is 1. The molecule has 0 bridgehead atoms. The molecule has 18 heavy (non-hydrogen) atoms.